The van der Waals surface area contributed by atoms with Crippen LogP contribution < -0.4 is 15.5 Å². The number of aryl methyl sites for hydroxylation is 1. The predicted octanol–water partition coefficient (Wildman–Crippen LogP) is 4.55. The van der Waals surface area contributed by atoms with Crippen molar-refractivity contribution in [3.05, 3.63) is 58.6 Å². The number of rotatable bonds is 4. The first-order chi connectivity index (χ1) is 11.6. The van der Waals surface area contributed by atoms with Crippen LogP contribution in [0.4, 0.5) is 16.2 Å². The molecule has 0 spiro atoms. The molecule has 1 saturated heterocycles. The summed E-state index contributed by atoms with van der Waals surface area (Å²) in [4.78, 5) is 14.5. The lowest BCUT2D eigenvalue weighted by molar-refractivity contribution is 0.251. The van der Waals surface area contributed by atoms with Gasteiger partial charge < -0.3 is 15.5 Å². The molecule has 1 unspecified atom stereocenters. The maximum atomic E-state index is 12.1. The summed E-state index contributed by atoms with van der Waals surface area (Å²) in [6, 6.07) is 16.3. The molecule has 3 rings (SSSR count). The average molecular weight is 388 g/mol. The molecule has 0 aliphatic carbocycles. The SMILES string of the molecule is Cc1cccc(N2CCCC2CNC(=O)Nc2ccc(Br)cc2)c1. The highest BCUT2D eigenvalue weighted by atomic mass is 79.9. The quantitative estimate of drug-likeness (QED) is 0.807. The fourth-order valence-corrected chi connectivity index (χ4v) is 3.38. The predicted molar refractivity (Wildman–Crippen MR) is 103 cm³/mol. The van der Waals surface area contributed by atoms with E-state index >= 15 is 0 Å². The molecular formula is C19H22BrN3O. The van der Waals surface area contributed by atoms with Gasteiger partial charge >= 0.3 is 6.03 Å². The molecule has 5 heteroatoms. The molecule has 1 aliphatic heterocycles. The topological polar surface area (TPSA) is 44.4 Å². The summed E-state index contributed by atoms with van der Waals surface area (Å²) in [7, 11) is 0. The minimum Gasteiger partial charge on any atom is -0.367 e. The third-order valence-corrected chi connectivity index (χ3v) is 4.84. The standard InChI is InChI=1S/C19H22BrN3O/c1-14-4-2-5-17(12-14)23-11-3-6-18(23)13-21-19(24)22-16-9-7-15(20)8-10-16/h2,4-5,7-10,12,18H,3,6,11,13H2,1H3,(H2,21,22,24). The minimum absolute atomic E-state index is 0.159. The van der Waals surface area contributed by atoms with Crippen LogP contribution in [-0.4, -0.2) is 25.2 Å². The summed E-state index contributed by atoms with van der Waals surface area (Å²) >= 11 is 3.39. The van der Waals surface area contributed by atoms with Crippen molar-refractivity contribution in [2.45, 2.75) is 25.8 Å². The molecule has 24 heavy (non-hydrogen) atoms. The van der Waals surface area contributed by atoms with Crippen LogP contribution in [0.3, 0.4) is 0 Å². The molecule has 2 N–H and O–H groups in total. The Kier molecular flexibility index (Phi) is 5.41. The number of benzene rings is 2. The number of hydrogen-bond acceptors (Lipinski definition) is 2. The van der Waals surface area contributed by atoms with E-state index in [0.717, 1.165) is 29.5 Å². The second-order valence-corrected chi connectivity index (χ2v) is 7.09. The molecule has 0 aromatic heterocycles. The number of halogens is 1. The van der Waals surface area contributed by atoms with Crippen molar-refractivity contribution in [1.29, 1.82) is 0 Å². The molecule has 2 aromatic rings. The second kappa shape index (κ2) is 7.71. The Balaban J connectivity index is 1.55. The van der Waals surface area contributed by atoms with Gasteiger partial charge in [0.25, 0.3) is 0 Å². The van der Waals surface area contributed by atoms with Crippen LogP contribution in [0, 0.1) is 6.92 Å². The number of nitrogens with one attached hydrogen (secondary N) is 2. The lowest BCUT2D eigenvalue weighted by atomic mass is 10.1. The molecule has 1 atom stereocenters. The summed E-state index contributed by atoms with van der Waals surface area (Å²) in [6.45, 7) is 3.80. The molecule has 1 heterocycles. The zero-order valence-electron chi connectivity index (χ0n) is 13.8. The van der Waals surface area contributed by atoms with Crippen LogP contribution in [0.25, 0.3) is 0 Å². The number of anilines is 2. The molecule has 4 nitrogen and oxygen atoms in total. The number of amides is 2. The third kappa shape index (κ3) is 4.29. The minimum atomic E-state index is -0.159. The van der Waals surface area contributed by atoms with Crippen molar-refractivity contribution < 1.29 is 4.79 Å². The van der Waals surface area contributed by atoms with E-state index in [1.165, 1.54) is 11.3 Å². The van der Waals surface area contributed by atoms with Gasteiger partial charge in [-0.25, -0.2) is 4.79 Å². The average Bonchev–Trinajstić information content (AvgIpc) is 3.04. The number of carbonyl (C=O) groups excluding carboxylic acids is 1. The van der Waals surface area contributed by atoms with Crippen molar-refractivity contribution >= 4 is 33.3 Å². The summed E-state index contributed by atoms with van der Waals surface area (Å²) in [5, 5.41) is 5.87. The van der Waals surface area contributed by atoms with Crippen LogP contribution in [0.1, 0.15) is 18.4 Å². The second-order valence-electron chi connectivity index (χ2n) is 6.17. The highest BCUT2D eigenvalue weighted by molar-refractivity contribution is 9.10. The number of nitrogens with zero attached hydrogens (tertiary/aromatic N) is 1. The maximum Gasteiger partial charge on any atom is 0.319 e. The van der Waals surface area contributed by atoms with Gasteiger partial charge in [-0.05, 0) is 61.7 Å². The Hall–Kier alpha value is -2.01. The van der Waals surface area contributed by atoms with Gasteiger partial charge in [-0.2, -0.15) is 0 Å². The fourth-order valence-electron chi connectivity index (χ4n) is 3.11. The van der Waals surface area contributed by atoms with Crippen LogP contribution in [-0.2, 0) is 0 Å². The van der Waals surface area contributed by atoms with E-state index in [0.29, 0.717) is 12.6 Å². The van der Waals surface area contributed by atoms with Crippen molar-refractivity contribution in [1.82, 2.24) is 5.32 Å². The van der Waals surface area contributed by atoms with Gasteiger partial charge in [-0.15, -0.1) is 0 Å². The van der Waals surface area contributed by atoms with Crippen LogP contribution >= 0.6 is 15.9 Å². The molecule has 0 radical (unpaired) electrons. The zero-order valence-corrected chi connectivity index (χ0v) is 15.3. The number of carbonyl (C=O) groups is 1. The van der Waals surface area contributed by atoms with Gasteiger partial charge in [0.15, 0.2) is 0 Å². The normalized spacial score (nSPS) is 16.9. The van der Waals surface area contributed by atoms with Crippen molar-refractivity contribution in [3.63, 3.8) is 0 Å². The maximum absolute atomic E-state index is 12.1. The van der Waals surface area contributed by atoms with Crippen molar-refractivity contribution in [2.75, 3.05) is 23.3 Å². The molecule has 0 saturated carbocycles. The monoisotopic (exact) mass is 387 g/mol. The fraction of sp³-hybridized carbons (Fsp3) is 0.316. The van der Waals surface area contributed by atoms with Gasteiger partial charge in [0.2, 0.25) is 0 Å². The summed E-state index contributed by atoms with van der Waals surface area (Å²) in [5.74, 6) is 0. The molecular weight excluding hydrogens is 366 g/mol. The summed E-state index contributed by atoms with van der Waals surface area (Å²) in [6.07, 6.45) is 2.27. The molecule has 1 fully saturated rings. The molecule has 1 aliphatic rings. The first-order valence-corrected chi connectivity index (χ1v) is 9.05. The number of hydrogen-bond donors (Lipinski definition) is 2. The first kappa shape index (κ1) is 16.8. The van der Waals surface area contributed by atoms with Gasteiger partial charge in [0.05, 0.1) is 0 Å². The van der Waals surface area contributed by atoms with Crippen LogP contribution in [0.2, 0.25) is 0 Å². The highest BCUT2D eigenvalue weighted by Gasteiger charge is 2.25. The zero-order chi connectivity index (χ0) is 16.9. The Morgan fingerprint density at radius 3 is 2.79 bits per heavy atom. The Labute approximate surface area is 151 Å². The summed E-state index contributed by atoms with van der Waals surface area (Å²) < 4.78 is 0.994. The molecule has 2 aromatic carbocycles. The van der Waals surface area contributed by atoms with Crippen molar-refractivity contribution in [3.8, 4) is 0 Å². The molecule has 126 valence electrons. The highest BCUT2D eigenvalue weighted by Crippen LogP contribution is 2.25. The Morgan fingerprint density at radius 2 is 2.04 bits per heavy atom. The van der Waals surface area contributed by atoms with E-state index in [1.54, 1.807) is 0 Å². The smallest absolute Gasteiger partial charge is 0.319 e. The number of urea groups is 1. The Bertz CT molecular complexity index is 702. The summed E-state index contributed by atoms with van der Waals surface area (Å²) in [5.41, 5.74) is 3.30. The largest absolute Gasteiger partial charge is 0.367 e. The molecule has 2 amide bonds. The van der Waals surface area contributed by atoms with Crippen LogP contribution in [0.5, 0.6) is 0 Å². The van der Waals surface area contributed by atoms with E-state index in [9.17, 15) is 4.79 Å². The van der Waals surface area contributed by atoms with E-state index in [1.807, 2.05) is 24.3 Å². The lowest BCUT2D eigenvalue weighted by Gasteiger charge is -2.27. The van der Waals surface area contributed by atoms with Crippen molar-refractivity contribution in [2.24, 2.45) is 0 Å². The van der Waals surface area contributed by atoms with Gasteiger partial charge in [0.1, 0.15) is 0 Å². The van der Waals surface area contributed by atoms with E-state index in [2.05, 4.69) is 62.7 Å². The van der Waals surface area contributed by atoms with E-state index in [4.69, 9.17) is 0 Å². The van der Waals surface area contributed by atoms with E-state index < -0.39 is 0 Å². The van der Waals surface area contributed by atoms with Crippen LogP contribution in [0.15, 0.2) is 53.0 Å². The van der Waals surface area contributed by atoms with Gasteiger partial charge in [-0.3, -0.25) is 0 Å². The third-order valence-electron chi connectivity index (χ3n) is 4.31. The lowest BCUT2D eigenvalue weighted by Crippen LogP contribution is -2.41. The first-order valence-electron chi connectivity index (χ1n) is 8.25. The van der Waals surface area contributed by atoms with E-state index in [-0.39, 0.29) is 6.03 Å². The van der Waals surface area contributed by atoms with Gasteiger partial charge in [-0.1, -0.05) is 28.1 Å². The van der Waals surface area contributed by atoms with Gasteiger partial charge in [0, 0.05) is 35.0 Å². The Morgan fingerprint density at radius 1 is 1.25 bits per heavy atom. The molecule has 0 bridgehead atoms.